The van der Waals surface area contributed by atoms with E-state index in [-0.39, 0.29) is 39.3 Å². The molecule has 104 valence electrons. The summed E-state index contributed by atoms with van der Waals surface area (Å²) < 4.78 is 9.54. The molecule has 18 heavy (non-hydrogen) atoms. The van der Waals surface area contributed by atoms with Gasteiger partial charge in [0.15, 0.2) is 0 Å². The Morgan fingerprint density at radius 1 is 1.17 bits per heavy atom. The normalized spacial score (nSPS) is 10.8. The summed E-state index contributed by atoms with van der Waals surface area (Å²) in [4.78, 5) is 22.3. The SMILES string of the molecule is C=CCOC(=O)CCC(=O)OCC(C)(CO)CO. The van der Waals surface area contributed by atoms with Crippen molar-refractivity contribution in [1.82, 2.24) is 0 Å². The molecule has 0 aliphatic heterocycles. The van der Waals surface area contributed by atoms with Gasteiger partial charge in [0.25, 0.3) is 0 Å². The summed E-state index contributed by atoms with van der Waals surface area (Å²) in [7, 11) is 0. The van der Waals surface area contributed by atoms with Crippen LogP contribution in [0.4, 0.5) is 0 Å². The van der Waals surface area contributed by atoms with Crippen LogP contribution >= 0.6 is 0 Å². The molecule has 0 rings (SSSR count). The summed E-state index contributed by atoms with van der Waals surface area (Å²) in [5.74, 6) is -1.07. The van der Waals surface area contributed by atoms with Gasteiger partial charge < -0.3 is 19.7 Å². The molecule has 0 fully saturated rings. The van der Waals surface area contributed by atoms with Gasteiger partial charge in [0.2, 0.25) is 0 Å². The largest absolute Gasteiger partial charge is 0.465 e. The molecule has 0 bridgehead atoms. The van der Waals surface area contributed by atoms with Crippen molar-refractivity contribution >= 4 is 11.9 Å². The smallest absolute Gasteiger partial charge is 0.306 e. The fraction of sp³-hybridized carbons (Fsp3) is 0.667. The molecule has 0 radical (unpaired) electrons. The van der Waals surface area contributed by atoms with Gasteiger partial charge in [-0.2, -0.15) is 0 Å². The number of ether oxygens (including phenoxy) is 2. The number of aliphatic hydroxyl groups is 2. The van der Waals surface area contributed by atoms with E-state index in [1.165, 1.54) is 6.08 Å². The maximum Gasteiger partial charge on any atom is 0.306 e. The predicted octanol–water partition coefficient (Wildman–Crippen LogP) is 0.0299. The highest BCUT2D eigenvalue weighted by Gasteiger charge is 2.24. The molecule has 0 saturated carbocycles. The van der Waals surface area contributed by atoms with Crippen LogP contribution in [0, 0.1) is 5.41 Å². The van der Waals surface area contributed by atoms with E-state index in [4.69, 9.17) is 14.9 Å². The van der Waals surface area contributed by atoms with Gasteiger partial charge in [0.05, 0.1) is 26.1 Å². The van der Waals surface area contributed by atoms with Crippen LogP contribution < -0.4 is 0 Å². The van der Waals surface area contributed by atoms with Gasteiger partial charge in [-0.3, -0.25) is 9.59 Å². The van der Waals surface area contributed by atoms with Crippen molar-refractivity contribution in [2.24, 2.45) is 5.41 Å². The van der Waals surface area contributed by atoms with E-state index in [0.29, 0.717) is 0 Å². The highest BCUT2D eigenvalue weighted by atomic mass is 16.5. The first-order valence-corrected chi connectivity index (χ1v) is 5.61. The summed E-state index contributed by atoms with van der Waals surface area (Å²) in [6.07, 6.45) is 1.27. The minimum atomic E-state index is -0.862. The molecule has 0 atom stereocenters. The zero-order chi connectivity index (χ0) is 14.0. The van der Waals surface area contributed by atoms with Crippen LogP contribution in [0.3, 0.4) is 0 Å². The number of carbonyl (C=O) groups is 2. The van der Waals surface area contributed by atoms with E-state index in [9.17, 15) is 9.59 Å². The highest BCUT2D eigenvalue weighted by Crippen LogP contribution is 2.14. The average Bonchev–Trinajstić information content (AvgIpc) is 2.40. The molecule has 0 amide bonds. The third-order valence-corrected chi connectivity index (χ3v) is 2.24. The van der Waals surface area contributed by atoms with E-state index in [1.54, 1.807) is 6.92 Å². The van der Waals surface area contributed by atoms with Gasteiger partial charge in [0.1, 0.15) is 13.2 Å². The van der Waals surface area contributed by atoms with Gasteiger partial charge in [-0.15, -0.1) is 0 Å². The van der Waals surface area contributed by atoms with Crippen LogP contribution in [0.2, 0.25) is 0 Å². The number of aliphatic hydroxyl groups excluding tert-OH is 2. The van der Waals surface area contributed by atoms with E-state index in [1.807, 2.05) is 0 Å². The van der Waals surface area contributed by atoms with Gasteiger partial charge in [0, 0.05) is 5.41 Å². The standard InChI is InChI=1S/C12H20O6/c1-3-6-17-10(15)4-5-11(16)18-9-12(2,7-13)8-14/h3,13-14H,1,4-9H2,2H3. The Hall–Kier alpha value is -1.40. The van der Waals surface area contributed by atoms with Crippen LogP contribution in [0.25, 0.3) is 0 Å². The monoisotopic (exact) mass is 260 g/mol. The van der Waals surface area contributed by atoms with Crippen molar-refractivity contribution in [3.8, 4) is 0 Å². The molecular formula is C12H20O6. The van der Waals surface area contributed by atoms with Crippen LogP contribution in [-0.2, 0) is 19.1 Å². The Kier molecular flexibility index (Phi) is 7.98. The molecule has 0 aliphatic rings. The molecule has 0 saturated heterocycles. The molecule has 6 nitrogen and oxygen atoms in total. The molecule has 0 unspecified atom stereocenters. The summed E-state index contributed by atoms with van der Waals surface area (Å²) in [6.45, 7) is 4.40. The minimum absolute atomic E-state index is 0.0678. The van der Waals surface area contributed by atoms with Crippen molar-refractivity contribution in [1.29, 1.82) is 0 Å². The van der Waals surface area contributed by atoms with Gasteiger partial charge >= 0.3 is 11.9 Å². The number of esters is 2. The van der Waals surface area contributed by atoms with Crippen LogP contribution in [0.1, 0.15) is 19.8 Å². The Balaban J connectivity index is 3.84. The Labute approximate surface area is 106 Å². The summed E-state index contributed by atoms with van der Waals surface area (Å²) in [5.41, 5.74) is -0.862. The quantitative estimate of drug-likeness (QED) is 0.449. The lowest BCUT2D eigenvalue weighted by molar-refractivity contribution is -0.153. The topological polar surface area (TPSA) is 93.1 Å². The van der Waals surface area contributed by atoms with Crippen molar-refractivity contribution in [2.75, 3.05) is 26.4 Å². The minimum Gasteiger partial charge on any atom is -0.465 e. The van der Waals surface area contributed by atoms with Crippen LogP contribution in [0.15, 0.2) is 12.7 Å². The first-order chi connectivity index (χ1) is 8.47. The molecular weight excluding hydrogens is 240 g/mol. The van der Waals surface area contributed by atoms with Gasteiger partial charge in [-0.05, 0) is 0 Å². The number of hydrogen-bond acceptors (Lipinski definition) is 6. The number of carbonyl (C=O) groups excluding carboxylic acids is 2. The lowest BCUT2D eigenvalue weighted by Crippen LogP contribution is -2.32. The van der Waals surface area contributed by atoms with E-state index in [2.05, 4.69) is 11.3 Å². The van der Waals surface area contributed by atoms with Crippen molar-refractivity contribution in [3.63, 3.8) is 0 Å². The molecule has 0 aromatic rings. The molecule has 0 aliphatic carbocycles. The number of rotatable bonds is 9. The average molecular weight is 260 g/mol. The molecule has 0 aromatic heterocycles. The molecule has 2 N–H and O–H groups in total. The fourth-order valence-electron chi connectivity index (χ4n) is 0.896. The van der Waals surface area contributed by atoms with E-state index < -0.39 is 17.4 Å². The zero-order valence-corrected chi connectivity index (χ0v) is 10.6. The highest BCUT2D eigenvalue weighted by molar-refractivity contribution is 5.77. The lowest BCUT2D eigenvalue weighted by atomic mass is 9.94. The van der Waals surface area contributed by atoms with Crippen molar-refractivity contribution in [2.45, 2.75) is 19.8 Å². The second-order valence-corrected chi connectivity index (χ2v) is 4.26. The third kappa shape index (κ3) is 7.03. The summed E-state index contributed by atoms with van der Waals surface area (Å²) in [5, 5.41) is 18.0. The second-order valence-electron chi connectivity index (χ2n) is 4.26. The fourth-order valence-corrected chi connectivity index (χ4v) is 0.896. The summed E-state index contributed by atoms with van der Waals surface area (Å²) >= 11 is 0. The Morgan fingerprint density at radius 2 is 1.67 bits per heavy atom. The first-order valence-electron chi connectivity index (χ1n) is 5.61. The van der Waals surface area contributed by atoms with E-state index in [0.717, 1.165) is 0 Å². The maximum absolute atomic E-state index is 11.3. The third-order valence-electron chi connectivity index (χ3n) is 2.24. The molecule has 0 aromatic carbocycles. The molecule has 0 heterocycles. The zero-order valence-electron chi connectivity index (χ0n) is 10.6. The van der Waals surface area contributed by atoms with Gasteiger partial charge in [-0.1, -0.05) is 19.6 Å². The molecule has 0 spiro atoms. The van der Waals surface area contributed by atoms with Crippen LogP contribution in [0.5, 0.6) is 0 Å². The van der Waals surface area contributed by atoms with Crippen LogP contribution in [-0.4, -0.2) is 48.6 Å². The second kappa shape index (κ2) is 8.66. The Bertz CT molecular complexity index is 282. The first kappa shape index (κ1) is 16.6. The van der Waals surface area contributed by atoms with Crippen molar-refractivity contribution in [3.05, 3.63) is 12.7 Å². The lowest BCUT2D eigenvalue weighted by Gasteiger charge is -2.23. The van der Waals surface area contributed by atoms with E-state index >= 15 is 0 Å². The molecule has 6 heteroatoms. The summed E-state index contributed by atoms with van der Waals surface area (Å²) in [6, 6.07) is 0. The van der Waals surface area contributed by atoms with Gasteiger partial charge in [-0.25, -0.2) is 0 Å². The maximum atomic E-state index is 11.3. The van der Waals surface area contributed by atoms with Crippen molar-refractivity contribution < 1.29 is 29.3 Å². The Morgan fingerprint density at radius 3 is 2.11 bits per heavy atom. The number of hydrogen-bond donors (Lipinski definition) is 2. The predicted molar refractivity (Wildman–Crippen MR) is 63.6 cm³/mol.